The second kappa shape index (κ2) is 3.26. The molecule has 3 aromatic heterocycles. The monoisotopic (exact) mass is 231 g/mol. The molecular formula is C12H6BN5. The molecular weight excluding hydrogens is 225 g/mol. The molecule has 0 atom stereocenters. The molecule has 0 aliphatic heterocycles. The second-order valence-electron chi connectivity index (χ2n) is 3.99. The van der Waals surface area contributed by atoms with E-state index < -0.39 is 0 Å². The number of aromatic nitrogens is 5. The van der Waals surface area contributed by atoms with Gasteiger partial charge < -0.3 is 0 Å². The summed E-state index contributed by atoms with van der Waals surface area (Å²) < 4.78 is 1.91. The molecule has 0 spiro atoms. The van der Waals surface area contributed by atoms with Crippen molar-refractivity contribution in [1.82, 2.24) is 24.3 Å². The van der Waals surface area contributed by atoms with Crippen LogP contribution in [0.3, 0.4) is 0 Å². The number of benzene rings is 1. The van der Waals surface area contributed by atoms with E-state index in [0.717, 1.165) is 11.0 Å². The summed E-state index contributed by atoms with van der Waals surface area (Å²) in [5.74, 6) is 0. The van der Waals surface area contributed by atoms with E-state index in [4.69, 9.17) is 7.85 Å². The maximum atomic E-state index is 5.94. The van der Waals surface area contributed by atoms with Gasteiger partial charge in [0, 0.05) is 5.59 Å². The highest BCUT2D eigenvalue weighted by atomic mass is 15.1. The molecule has 4 rings (SSSR count). The van der Waals surface area contributed by atoms with Gasteiger partial charge >= 0.3 is 0 Å². The first-order valence-electron chi connectivity index (χ1n) is 5.47. The highest BCUT2D eigenvalue weighted by Crippen LogP contribution is 2.18. The molecule has 0 amide bonds. The van der Waals surface area contributed by atoms with Gasteiger partial charge in [-0.3, -0.25) is 9.38 Å². The number of para-hydroxylation sites is 2. The van der Waals surface area contributed by atoms with E-state index in [2.05, 4.69) is 19.9 Å². The molecule has 0 aliphatic carbocycles. The van der Waals surface area contributed by atoms with E-state index >= 15 is 0 Å². The molecule has 5 nitrogen and oxygen atoms in total. The third-order valence-corrected chi connectivity index (χ3v) is 2.92. The Labute approximate surface area is 103 Å². The number of nitrogens with zero attached hydrogens (tertiary/aromatic N) is 5. The summed E-state index contributed by atoms with van der Waals surface area (Å²) in [5, 5.41) is 0. The van der Waals surface area contributed by atoms with Crippen LogP contribution in [0.1, 0.15) is 0 Å². The largest absolute Gasteiger partial charge is 0.274 e. The average molecular weight is 231 g/mol. The lowest BCUT2D eigenvalue weighted by Crippen LogP contribution is -2.14. The van der Waals surface area contributed by atoms with E-state index in [-0.39, 0.29) is 0 Å². The van der Waals surface area contributed by atoms with Gasteiger partial charge in [-0.1, -0.05) is 12.1 Å². The maximum absolute atomic E-state index is 5.94. The van der Waals surface area contributed by atoms with Crippen molar-refractivity contribution in [2.24, 2.45) is 0 Å². The number of hydrogen-bond donors (Lipinski definition) is 0. The van der Waals surface area contributed by atoms with Crippen LogP contribution in [0.2, 0.25) is 0 Å². The summed E-state index contributed by atoms with van der Waals surface area (Å²) in [6.07, 6.45) is 3.14. The van der Waals surface area contributed by atoms with Crippen LogP contribution in [0, 0.1) is 0 Å². The number of hydrogen-bond acceptors (Lipinski definition) is 4. The summed E-state index contributed by atoms with van der Waals surface area (Å²) in [5.41, 5.74) is 4.21. The van der Waals surface area contributed by atoms with Crippen molar-refractivity contribution in [3.8, 4) is 0 Å². The summed E-state index contributed by atoms with van der Waals surface area (Å²) in [7, 11) is 5.94. The second-order valence-corrected chi connectivity index (χ2v) is 3.99. The smallest absolute Gasteiger partial charge is 0.168 e. The van der Waals surface area contributed by atoms with E-state index in [1.807, 2.05) is 28.7 Å². The van der Waals surface area contributed by atoms with Crippen molar-refractivity contribution < 1.29 is 0 Å². The minimum atomic E-state index is 0.383. The van der Waals surface area contributed by atoms with E-state index in [1.54, 1.807) is 6.20 Å². The molecule has 0 saturated heterocycles. The van der Waals surface area contributed by atoms with Crippen LogP contribution in [0.15, 0.2) is 36.8 Å². The molecule has 4 aromatic rings. The molecule has 3 heterocycles. The Bertz CT molecular complexity index is 899. The Balaban J connectivity index is 2.41. The predicted octanol–water partition coefficient (Wildman–Crippen LogP) is 0.619. The zero-order chi connectivity index (χ0) is 12.1. The fourth-order valence-electron chi connectivity index (χ4n) is 2.16. The van der Waals surface area contributed by atoms with Gasteiger partial charge in [-0.25, -0.2) is 15.0 Å². The van der Waals surface area contributed by atoms with Gasteiger partial charge in [-0.2, -0.15) is 0 Å². The van der Waals surface area contributed by atoms with Gasteiger partial charge in [0.2, 0.25) is 0 Å². The van der Waals surface area contributed by atoms with E-state index in [0.29, 0.717) is 22.4 Å². The first-order chi connectivity index (χ1) is 8.84. The van der Waals surface area contributed by atoms with Crippen molar-refractivity contribution in [3.63, 3.8) is 0 Å². The predicted molar refractivity (Wildman–Crippen MR) is 69.0 cm³/mol. The van der Waals surface area contributed by atoms with Crippen LogP contribution >= 0.6 is 0 Å². The Morgan fingerprint density at radius 3 is 2.83 bits per heavy atom. The third kappa shape index (κ3) is 1.12. The lowest BCUT2D eigenvalue weighted by atomic mass is 10.1. The Hall–Kier alpha value is -2.50. The summed E-state index contributed by atoms with van der Waals surface area (Å²) in [6, 6.07) is 7.82. The first kappa shape index (κ1) is 9.53. The molecule has 82 valence electrons. The highest BCUT2D eigenvalue weighted by molar-refractivity contribution is 6.35. The number of fused-ring (bicyclic) bond motifs is 5. The molecule has 0 unspecified atom stereocenters. The molecule has 2 radical (unpaired) electrons. The van der Waals surface area contributed by atoms with Gasteiger partial charge in [-0.05, 0) is 12.1 Å². The molecule has 0 saturated carbocycles. The lowest BCUT2D eigenvalue weighted by molar-refractivity contribution is 1.13. The number of imidazole rings is 1. The molecule has 0 aliphatic rings. The van der Waals surface area contributed by atoms with Crippen LogP contribution in [0.25, 0.3) is 27.8 Å². The van der Waals surface area contributed by atoms with Crippen molar-refractivity contribution in [2.75, 3.05) is 0 Å². The lowest BCUT2D eigenvalue weighted by Gasteiger charge is -2.03. The highest BCUT2D eigenvalue weighted by Gasteiger charge is 2.11. The minimum Gasteiger partial charge on any atom is -0.274 e. The van der Waals surface area contributed by atoms with Crippen LogP contribution in [0.5, 0.6) is 0 Å². The van der Waals surface area contributed by atoms with Crippen LogP contribution in [0.4, 0.5) is 0 Å². The van der Waals surface area contributed by atoms with Crippen molar-refractivity contribution in [2.45, 2.75) is 0 Å². The molecule has 6 heteroatoms. The molecule has 0 bridgehead atoms. The summed E-state index contributed by atoms with van der Waals surface area (Å²) >= 11 is 0. The van der Waals surface area contributed by atoms with Gasteiger partial charge in [-0.15, -0.1) is 0 Å². The summed E-state index contributed by atoms with van der Waals surface area (Å²) in [4.78, 5) is 17.0. The quantitative estimate of drug-likeness (QED) is 0.416. The van der Waals surface area contributed by atoms with E-state index in [1.165, 1.54) is 6.33 Å². The maximum Gasteiger partial charge on any atom is 0.168 e. The topological polar surface area (TPSA) is 56.0 Å². The zero-order valence-corrected chi connectivity index (χ0v) is 9.28. The van der Waals surface area contributed by atoms with Crippen molar-refractivity contribution in [1.29, 1.82) is 0 Å². The fourth-order valence-corrected chi connectivity index (χ4v) is 2.16. The normalized spacial score (nSPS) is 11.6. The van der Waals surface area contributed by atoms with Crippen molar-refractivity contribution in [3.05, 3.63) is 36.8 Å². The Morgan fingerprint density at radius 2 is 1.89 bits per heavy atom. The van der Waals surface area contributed by atoms with Crippen LogP contribution < -0.4 is 5.59 Å². The third-order valence-electron chi connectivity index (χ3n) is 2.92. The van der Waals surface area contributed by atoms with Gasteiger partial charge in [0.25, 0.3) is 0 Å². The summed E-state index contributed by atoms with van der Waals surface area (Å²) in [6.45, 7) is 0. The molecule has 0 N–H and O–H groups in total. The number of rotatable bonds is 0. The van der Waals surface area contributed by atoms with Crippen molar-refractivity contribution >= 4 is 41.3 Å². The van der Waals surface area contributed by atoms with Gasteiger partial charge in [0.05, 0.1) is 17.2 Å². The first-order valence-corrected chi connectivity index (χ1v) is 5.47. The Morgan fingerprint density at radius 1 is 1.00 bits per heavy atom. The molecule has 18 heavy (non-hydrogen) atoms. The Kier molecular flexibility index (Phi) is 1.72. The fraction of sp³-hybridized carbons (Fsp3) is 0. The standard InChI is InChI=1S/C12H6BN5/c13-10-12-17-7-3-1-2-4-9(7)18(12)11-8(16-10)5-14-6-15-11/h1-6H. The average Bonchev–Trinajstić information content (AvgIpc) is 2.79. The SMILES string of the molecule is [B]c1nc2cncnc2n2c1nc1ccccc12. The van der Waals surface area contributed by atoms with E-state index in [9.17, 15) is 0 Å². The van der Waals surface area contributed by atoms with Gasteiger partial charge in [0.15, 0.2) is 5.65 Å². The molecule has 1 aromatic carbocycles. The minimum absolute atomic E-state index is 0.383. The van der Waals surface area contributed by atoms with Gasteiger partial charge in [0.1, 0.15) is 25.3 Å². The zero-order valence-electron chi connectivity index (χ0n) is 9.28. The molecule has 0 fully saturated rings. The van der Waals surface area contributed by atoms with Crippen LogP contribution in [-0.2, 0) is 0 Å². The van der Waals surface area contributed by atoms with Crippen LogP contribution in [-0.4, -0.2) is 32.2 Å².